The van der Waals surface area contributed by atoms with Gasteiger partial charge in [0.1, 0.15) is 11.7 Å². The van der Waals surface area contributed by atoms with Crippen LogP contribution in [-0.4, -0.2) is 24.2 Å². The minimum Gasteiger partial charge on any atom is -0.493 e. The van der Waals surface area contributed by atoms with Crippen LogP contribution >= 0.6 is 0 Å². The first-order valence-corrected chi connectivity index (χ1v) is 6.10. The molecule has 1 aromatic carbocycles. The largest absolute Gasteiger partial charge is 0.493 e. The predicted molar refractivity (Wildman–Crippen MR) is 73.8 cm³/mol. The van der Waals surface area contributed by atoms with Gasteiger partial charge in [-0.15, -0.1) is 0 Å². The Hall–Kier alpha value is -2.61. The molecule has 2 rings (SSSR count). The molecular weight excluding hydrogens is 254 g/mol. The van der Waals surface area contributed by atoms with Gasteiger partial charge >= 0.3 is 0 Å². The van der Waals surface area contributed by atoms with Crippen molar-refractivity contribution in [1.29, 1.82) is 5.26 Å². The van der Waals surface area contributed by atoms with E-state index >= 15 is 0 Å². The number of rotatable bonds is 4. The molecule has 5 nitrogen and oxygen atoms in total. The zero-order valence-electron chi connectivity index (χ0n) is 11.6. The maximum Gasteiger partial charge on any atom is 0.161 e. The number of hydrogen-bond acceptors (Lipinski definition) is 5. The van der Waals surface area contributed by atoms with Crippen molar-refractivity contribution in [3.63, 3.8) is 0 Å². The monoisotopic (exact) mass is 269 g/mol. The molecule has 0 saturated heterocycles. The summed E-state index contributed by atoms with van der Waals surface area (Å²) in [6.07, 6.45) is 3.26. The quantitative estimate of drug-likeness (QED) is 0.852. The SMILES string of the molecule is COc1cc(C)c(C(C#N)c2ncccn2)cc1OC. The summed E-state index contributed by atoms with van der Waals surface area (Å²) in [5, 5.41) is 9.45. The number of aromatic nitrogens is 2. The highest BCUT2D eigenvalue weighted by molar-refractivity contribution is 5.50. The van der Waals surface area contributed by atoms with Crippen molar-refractivity contribution in [1.82, 2.24) is 9.97 Å². The van der Waals surface area contributed by atoms with Crippen LogP contribution < -0.4 is 9.47 Å². The van der Waals surface area contributed by atoms with Gasteiger partial charge < -0.3 is 9.47 Å². The van der Waals surface area contributed by atoms with Crippen LogP contribution in [0.3, 0.4) is 0 Å². The van der Waals surface area contributed by atoms with Gasteiger partial charge in [-0.1, -0.05) is 0 Å². The Kier molecular flexibility index (Phi) is 4.16. The van der Waals surface area contributed by atoms with E-state index < -0.39 is 5.92 Å². The van der Waals surface area contributed by atoms with Gasteiger partial charge in [-0.05, 0) is 36.2 Å². The van der Waals surface area contributed by atoms with E-state index in [-0.39, 0.29) is 0 Å². The summed E-state index contributed by atoms with van der Waals surface area (Å²) in [7, 11) is 3.15. The van der Waals surface area contributed by atoms with Gasteiger partial charge in [-0.25, -0.2) is 9.97 Å². The third kappa shape index (κ3) is 2.54. The van der Waals surface area contributed by atoms with Gasteiger partial charge in [0.05, 0.1) is 20.3 Å². The minimum absolute atomic E-state index is 0.477. The summed E-state index contributed by atoms with van der Waals surface area (Å²) in [5.74, 6) is 1.17. The van der Waals surface area contributed by atoms with Crippen molar-refractivity contribution < 1.29 is 9.47 Å². The third-order valence-corrected chi connectivity index (χ3v) is 3.06. The number of benzene rings is 1. The van der Waals surface area contributed by atoms with Crippen LogP contribution in [0.4, 0.5) is 0 Å². The molecule has 1 unspecified atom stereocenters. The molecule has 1 atom stereocenters. The van der Waals surface area contributed by atoms with Crippen LogP contribution in [0.25, 0.3) is 0 Å². The van der Waals surface area contributed by atoms with Crippen LogP contribution in [0.15, 0.2) is 30.6 Å². The molecule has 2 aromatic rings. The van der Waals surface area contributed by atoms with Crippen LogP contribution in [0, 0.1) is 18.3 Å². The van der Waals surface area contributed by atoms with E-state index in [4.69, 9.17) is 9.47 Å². The molecule has 0 aliphatic rings. The molecule has 0 fully saturated rings. The highest BCUT2D eigenvalue weighted by Crippen LogP contribution is 2.34. The Balaban J connectivity index is 2.54. The number of hydrogen-bond donors (Lipinski definition) is 0. The Labute approximate surface area is 117 Å². The van der Waals surface area contributed by atoms with E-state index in [2.05, 4.69) is 16.0 Å². The first-order chi connectivity index (χ1) is 9.71. The standard InChI is InChI=1S/C15H15N3O2/c1-10-7-13(19-2)14(20-3)8-11(10)12(9-16)15-17-5-4-6-18-15/h4-8,12H,1-3H3. The fourth-order valence-corrected chi connectivity index (χ4v) is 2.03. The summed E-state index contributed by atoms with van der Waals surface area (Å²) in [5.41, 5.74) is 1.75. The van der Waals surface area contributed by atoms with Crippen molar-refractivity contribution in [3.05, 3.63) is 47.5 Å². The molecular formula is C15H15N3O2. The lowest BCUT2D eigenvalue weighted by molar-refractivity contribution is 0.354. The van der Waals surface area contributed by atoms with Crippen molar-refractivity contribution in [2.24, 2.45) is 0 Å². The predicted octanol–water partition coefficient (Wildman–Crippen LogP) is 2.46. The maximum atomic E-state index is 9.45. The molecule has 5 heteroatoms. The lowest BCUT2D eigenvalue weighted by atomic mass is 9.94. The second kappa shape index (κ2) is 6.02. The van der Waals surface area contributed by atoms with E-state index in [1.807, 2.05) is 13.0 Å². The number of methoxy groups -OCH3 is 2. The zero-order valence-corrected chi connectivity index (χ0v) is 11.6. The zero-order chi connectivity index (χ0) is 14.5. The molecule has 0 bridgehead atoms. The lowest BCUT2D eigenvalue weighted by Crippen LogP contribution is -2.06. The van der Waals surface area contributed by atoms with E-state index in [0.717, 1.165) is 11.1 Å². The smallest absolute Gasteiger partial charge is 0.161 e. The molecule has 102 valence electrons. The number of nitriles is 1. The van der Waals surface area contributed by atoms with Crippen LogP contribution in [0.1, 0.15) is 22.9 Å². The van der Waals surface area contributed by atoms with Crippen LogP contribution in [0.2, 0.25) is 0 Å². The molecule has 0 spiro atoms. The van der Waals surface area contributed by atoms with E-state index in [9.17, 15) is 5.26 Å². The van der Waals surface area contributed by atoms with Gasteiger partial charge in [0, 0.05) is 12.4 Å². The number of ether oxygens (including phenoxy) is 2. The topological polar surface area (TPSA) is 68.0 Å². The van der Waals surface area contributed by atoms with Crippen molar-refractivity contribution in [3.8, 4) is 17.6 Å². The number of nitrogens with zero attached hydrogens (tertiary/aromatic N) is 3. The van der Waals surface area contributed by atoms with Gasteiger partial charge in [0.15, 0.2) is 11.5 Å². The third-order valence-electron chi connectivity index (χ3n) is 3.06. The second-order valence-corrected chi connectivity index (χ2v) is 4.23. The Bertz CT molecular complexity index is 636. The minimum atomic E-state index is -0.531. The first kappa shape index (κ1) is 13.8. The molecule has 0 amide bonds. The van der Waals surface area contributed by atoms with Crippen molar-refractivity contribution in [2.45, 2.75) is 12.8 Å². The van der Waals surface area contributed by atoms with Gasteiger partial charge in [-0.2, -0.15) is 5.26 Å². The van der Waals surface area contributed by atoms with E-state index in [0.29, 0.717) is 17.3 Å². The Morgan fingerprint density at radius 1 is 1.10 bits per heavy atom. The van der Waals surface area contributed by atoms with Crippen molar-refractivity contribution >= 4 is 0 Å². The van der Waals surface area contributed by atoms with E-state index in [1.54, 1.807) is 38.7 Å². The van der Waals surface area contributed by atoms with Gasteiger partial charge in [0.2, 0.25) is 0 Å². The summed E-state index contributed by atoms with van der Waals surface area (Å²) in [6.45, 7) is 1.92. The van der Waals surface area contributed by atoms with Gasteiger partial charge in [-0.3, -0.25) is 0 Å². The molecule has 1 heterocycles. The average molecular weight is 269 g/mol. The second-order valence-electron chi connectivity index (χ2n) is 4.23. The van der Waals surface area contributed by atoms with E-state index in [1.165, 1.54) is 0 Å². The highest BCUT2D eigenvalue weighted by Gasteiger charge is 2.20. The fraction of sp³-hybridized carbons (Fsp3) is 0.267. The Morgan fingerprint density at radius 3 is 2.25 bits per heavy atom. The van der Waals surface area contributed by atoms with Gasteiger partial charge in [0.25, 0.3) is 0 Å². The number of aryl methyl sites for hydroxylation is 1. The Morgan fingerprint density at radius 2 is 1.70 bits per heavy atom. The summed E-state index contributed by atoms with van der Waals surface area (Å²) in [4.78, 5) is 8.32. The van der Waals surface area contributed by atoms with Crippen LogP contribution in [-0.2, 0) is 0 Å². The summed E-state index contributed by atoms with van der Waals surface area (Å²) in [6, 6.07) is 7.62. The van der Waals surface area contributed by atoms with Crippen molar-refractivity contribution in [2.75, 3.05) is 14.2 Å². The lowest BCUT2D eigenvalue weighted by Gasteiger charge is -2.15. The fourth-order valence-electron chi connectivity index (χ4n) is 2.03. The molecule has 0 saturated carbocycles. The molecule has 0 aliphatic carbocycles. The highest BCUT2D eigenvalue weighted by atomic mass is 16.5. The molecule has 0 aliphatic heterocycles. The molecule has 0 radical (unpaired) electrons. The molecule has 20 heavy (non-hydrogen) atoms. The summed E-state index contributed by atoms with van der Waals surface area (Å²) >= 11 is 0. The maximum absolute atomic E-state index is 9.45. The molecule has 1 aromatic heterocycles. The molecule has 0 N–H and O–H groups in total. The average Bonchev–Trinajstić information content (AvgIpc) is 2.50. The summed E-state index contributed by atoms with van der Waals surface area (Å²) < 4.78 is 10.5. The normalized spacial score (nSPS) is 11.5. The van der Waals surface area contributed by atoms with Crippen LogP contribution in [0.5, 0.6) is 11.5 Å². The first-order valence-electron chi connectivity index (χ1n) is 6.10.